The first-order chi connectivity index (χ1) is 64.8. The van der Waals surface area contributed by atoms with Crippen LogP contribution in [0.5, 0.6) is 0 Å². The van der Waals surface area contributed by atoms with Crippen LogP contribution in [0.4, 0.5) is 17.1 Å². The normalized spacial score (nSPS) is 17.2. The fourth-order valence-electron chi connectivity index (χ4n) is 26.7. The number of para-hydroxylation sites is 6. The van der Waals surface area contributed by atoms with Crippen LogP contribution in [0.15, 0.2) is 414 Å². The highest BCUT2D eigenvalue weighted by molar-refractivity contribution is 6.34. The highest BCUT2D eigenvalue weighted by Crippen LogP contribution is 2.79. The summed E-state index contributed by atoms with van der Waals surface area (Å²) in [5, 5.41) is 18.6. The van der Waals surface area contributed by atoms with Gasteiger partial charge in [-0.1, -0.05) is 354 Å². The Labute approximate surface area is 753 Å². The van der Waals surface area contributed by atoms with Gasteiger partial charge < -0.3 is 22.7 Å². The minimum absolute atomic E-state index is 0.0394. The molecule has 0 amide bonds. The van der Waals surface area contributed by atoms with Crippen molar-refractivity contribution in [1.82, 2.24) is 4.57 Å². The lowest BCUT2D eigenvalue weighted by atomic mass is 9.43. The molecule has 4 aromatic heterocycles. The van der Waals surface area contributed by atoms with Gasteiger partial charge in [-0.05, 0) is 204 Å². The number of anilines is 3. The van der Waals surface area contributed by atoms with E-state index in [1.54, 1.807) is 0 Å². The van der Waals surface area contributed by atoms with E-state index in [1.807, 2.05) is 0 Å². The molecule has 3 atom stereocenters. The standard InChI is InChI=1S/C126H76N2O3/c1-125(2)101-52-20-16-33-78(101)99-68-72(58-62-102(99)125)127(71-28-4-3-5-29-71)106-64-61-84(113-109-80-35-10-12-37-82(80)110(115(106)113)83-38-13-11-36-81(83)109)88-45-25-47-91-92-49-27-51-94(123(92)131-121(88)91)93-50-26-48-90-89-46-24-44-74(120(89)130-122(90)93)70-56-59-85-98(66-70)77-32-8-15-40-87(77)124-112(85)100-67-69(57-65-108(100)129-124)73-60-63-107(116-114(73)117-95-41-17-21-53-103(95)126(117)104-54-22-18-42-96(104)118(116)126)128-105-55-23-19-43-97(105)111-79-34-9-6-30-75(79)76-31-7-14-39-86(76)119(111)128/h3-68,109-110,117-118H,1-2H3. The van der Waals surface area contributed by atoms with Crippen LogP contribution in [0.2, 0.25) is 0 Å². The van der Waals surface area contributed by atoms with Crippen molar-refractivity contribution in [3.63, 3.8) is 0 Å². The van der Waals surface area contributed by atoms with Crippen molar-refractivity contribution in [2.45, 2.75) is 48.3 Å². The number of rotatable bonds is 8. The first kappa shape index (κ1) is 70.8. The summed E-state index contributed by atoms with van der Waals surface area (Å²) in [6.45, 7) is 4.74. The topological polar surface area (TPSA) is 47.6 Å². The molecule has 3 unspecified atom stereocenters. The molecule has 0 fully saturated rings. The van der Waals surface area contributed by atoms with Crippen molar-refractivity contribution in [1.29, 1.82) is 0 Å². The van der Waals surface area contributed by atoms with Gasteiger partial charge in [0.15, 0.2) is 0 Å². The third kappa shape index (κ3) is 8.87. The van der Waals surface area contributed by atoms with E-state index in [0.717, 1.165) is 127 Å². The number of fused-ring (bicyclic) bond motifs is 32. The van der Waals surface area contributed by atoms with Crippen molar-refractivity contribution >= 4 is 148 Å². The second kappa shape index (κ2) is 25.3. The fraction of sp³-hybridized carbons (Fsp3) is 0.0635. The lowest BCUT2D eigenvalue weighted by Gasteiger charge is -2.58. The molecule has 7 aliphatic rings. The molecule has 25 aromatic rings. The van der Waals surface area contributed by atoms with Gasteiger partial charge in [0.1, 0.15) is 33.5 Å². The maximum atomic E-state index is 7.67. The molecule has 1 spiro atoms. The van der Waals surface area contributed by atoms with Gasteiger partial charge in [0.2, 0.25) is 0 Å². The van der Waals surface area contributed by atoms with E-state index in [4.69, 9.17) is 13.3 Å². The molecule has 5 heteroatoms. The molecule has 4 heterocycles. The Balaban J connectivity index is 0.558. The van der Waals surface area contributed by atoms with Crippen LogP contribution in [-0.2, 0) is 10.8 Å². The maximum Gasteiger partial charge on any atom is 0.143 e. The minimum atomic E-state index is -0.204. The SMILES string of the molecule is CC1(C)c2ccccc2-c2cc(N(c3ccccc3)c3ccc(-c4cccc5c4oc4c(-c6cccc7c6oc6c(-c8ccc9c(c8)c8ccccc8c8oc%10ccc(-c%11ccc(-n%12c%13ccccc%13c%13c%14ccccc%14c%14ccccc%14c%13%12)c%12c%11C%11c%13ccccc%13C%11%13c%11ccccc%11C%12%13)cc%10c98)cccc67)cccc45)c4c3C3c5ccccc5C4c4ccccc43)ccc21. The van der Waals surface area contributed by atoms with Crippen LogP contribution in [-0.4, -0.2) is 4.57 Å². The quantitative estimate of drug-likeness (QED) is 0.142. The minimum Gasteiger partial charge on any atom is -0.455 e. The van der Waals surface area contributed by atoms with E-state index in [0.29, 0.717) is 0 Å². The molecule has 0 aliphatic heterocycles. The number of hydrogen-bond acceptors (Lipinski definition) is 4. The largest absolute Gasteiger partial charge is 0.455 e. The van der Waals surface area contributed by atoms with Gasteiger partial charge >= 0.3 is 0 Å². The molecule has 7 aliphatic carbocycles. The maximum absolute atomic E-state index is 7.67. The van der Waals surface area contributed by atoms with Crippen molar-refractivity contribution in [3.05, 3.63) is 478 Å². The summed E-state index contributed by atoms with van der Waals surface area (Å²) in [6, 6.07) is 151. The summed E-state index contributed by atoms with van der Waals surface area (Å²) in [5.41, 5.74) is 42.7. The number of aromatic nitrogens is 1. The van der Waals surface area contributed by atoms with E-state index in [2.05, 4.69) is 424 Å². The van der Waals surface area contributed by atoms with E-state index < -0.39 is 0 Å². The summed E-state index contributed by atoms with van der Waals surface area (Å²) in [5.74, 6) is 0.199. The van der Waals surface area contributed by atoms with Gasteiger partial charge in [0.25, 0.3) is 0 Å². The molecule has 2 bridgehead atoms. The first-order valence-corrected chi connectivity index (χ1v) is 46.1. The van der Waals surface area contributed by atoms with Crippen LogP contribution >= 0.6 is 0 Å². The Bertz CT molecular complexity index is 9490. The summed E-state index contributed by atoms with van der Waals surface area (Å²) >= 11 is 0. The van der Waals surface area contributed by atoms with Crippen LogP contribution < -0.4 is 4.90 Å². The molecule has 5 nitrogen and oxygen atoms in total. The zero-order valence-corrected chi connectivity index (χ0v) is 71.5. The number of hydrogen-bond donors (Lipinski definition) is 0. The third-order valence-corrected chi connectivity index (χ3v) is 31.8. The van der Waals surface area contributed by atoms with Crippen LogP contribution in [0.3, 0.4) is 0 Å². The van der Waals surface area contributed by atoms with Gasteiger partial charge in [-0.3, -0.25) is 0 Å². The lowest BCUT2D eigenvalue weighted by Crippen LogP contribution is -2.52. The number of nitrogens with zero attached hydrogens (tertiary/aromatic N) is 2. The van der Waals surface area contributed by atoms with Crippen molar-refractivity contribution in [2.75, 3.05) is 4.90 Å². The van der Waals surface area contributed by atoms with Crippen LogP contribution in [0.25, 0.3) is 192 Å². The summed E-state index contributed by atoms with van der Waals surface area (Å²) in [7, 11) is 0. The zero-order chi connectivity index (χ0) is 85.3. The van der Waals surface area contributed by atoms with Crippen molar-refractivity contribution in [3.8, 4) is 61.3 Å². The van der Waals surface area contributed by atoms with Gasteiger partial charge in [0, 0.05) is 122 Å². The molecule has 0 N–H and O–H groups in total. The molecule has 0 saturated heterocycles. The Morgan fingerprint density at radius 3 is 1.37 bits per heavy atom. The zero-order valence-electron chi connectivity index (χ0n) is 71.5. The van der Waals surface area contributed by atoms with Gasteiger partial charge in [-0.2, -0.15) is 0 Å². The molecule has 21 aromatic carbocycles. The second-order valence-electron chi connectivity index (χ2n) is 37.9. The highest BCUT2D eigenvalue weighted by Gasteiger charge is 2.70. The molecule has 0 saturated carbocycles. The van der Waals surface area contributed by atoms with E-state index in [9.17, 15) is 0 Å². The summed E-state index contributed by atoms with van der Waals surface area (Å²) in [6.07, 6.45) is 0. The molecule has 608 valence electrons. The molecular weight excluding hydrogens is 1590 g/mol. The fourth-order valence-corrected chi connectivity index (χ4v) is 26.7. The van der Waals surface area contributed by atoms with Crippen molar-refractivity contribution in [2.24, 2.45) is 0 Å². The molecule has 131 heavy (non-hydrogen) atoms. The van der Waals surface area contributed by atoms with Crippen LogP contribution in [0, 0.1) is 0 Å². The predicted octanol–water partition coefficient (Wildman–Crippen LogP) is 33.4. The molecular formula is C126H76N2O3. The molecule has 0 radical (unpaired) electrons. The number of furan rings is 3. The van der Waals surface area contributed by atoms with Crippen molar-refractivity contribution < 1.29 is 13.3 Å². The predicted molar refractivity (Wildman–Crippen MR) is 539 cm³/mol. The Kier molecular flexibility index (Phi) is 13.7. The van der Waals surface area contributed by atoms with E-state index >= 15 is 0 Å². The van der Waals surface area contributed by atoms with Crippen LogP contribution in [0.1, 0.15) is 115 Å². The van der Waals surface area contributed by atoms with Gasteiger partial charge in [-0.25, -0.2) is 0 Å². The van der Waals surface area contributed by atoms with E-state index in [-0.39, 0.29) is 34.5 Å². The summed E-state index contributed by atoms with van der Waals surface area (Å²) in [4.78, 5) is 2.54. The first-order valence-electron chi connectivity index (χ1n) is 46.1. The molecule has 32 rings (SSSR count). The smallest absolute Gasteiger partial charge is 0.143 e. The number of benzene rings is 21. The monoisotopic (exact) mass is 1660 g/mol. The average molecular weight is 1670 g/mol. The second-order valence-corrected chi connectivity index (χ2v) is 37.9. The van der Waals surface area contributed by atoms with E-state index in [1.165, 1.54) is 160 Å². The average Bonchev–Trinajstić information content (AvgIpc) is 1.45. The van der Waals surface area contributed by atoms with Gasteiger partial charge in [0.05, 0.1) is 22.4 Å². The Morgan fingerprint density at radius 2 is 0.710 bits per heavy atom. The van der Waals surface area contributed by atoms with Gasteiger partial charge in [-0.15, -0.1) is 0 Å². The lowest BCUT2D eigenvalue weighted by molar-refractivity contribution is 0.333. The highest BCUT2D eigenvalue weighted by atomic mass is 16.3. The Morgan fingerprint density at radius 1 is 0.252 bits per heavy atom. The summed E-state index contributed by atoms with van der Waals surface area (Å²) < 4.78 is 25.1. The Hall–Kier alpha value is -16.3. The third-order valence-electron chi connectivity index (χ3n) is 31.8.